The van der Waals surface area contributed by atoms with Gasteiger partial charge in [0.05, 0.1) is 0 Å². The topological polar surface area (TPSA) is 103 Å². The molecule has 0 atom stereocenters. The molecular formula is C12H16CoO4. The first-order valence-corrected chi connectivity index (χ1v) is 4.27. The van der Waals surface area contributed by atoms with Gasteiger partial charge in [0.1, 0.15) is 11.5 Å². The molecule has 1 radical (unpaired) electrons. The van der Waals surface area contributed by atoms with Crippen LogP contribution in [-0.2, 0) is 16.8 Å². The zero-order chi connectivity index (χ0) is 10.2. The molecule has 0 saturated carbocycles. The van der Waals surface area contributed by atoms with Crippen LogP contribution in [0.1, 0.15) is 0 Å². The van der Waals surface area contributed by atoms with Crippen molar-refractivity contribution < 1.29 is 37.9 Å². The maximum absolute atomic E-state index is 8.63. The molecule has 0 unspecified atom stereocenters. The number of hydrogen-bond donors (Lipinski definition) is 2. The Morgan fingerprint density at radius 2 is 0.765 bits per heavy atom. The van der Waals surface area contributed by atoms with Crippen molar-refractivity contribution in [3.63, 3.8) is 0 Å². The van der Waals surface area contributed by atoms with Crippen molar-refractivity contribution in [2.45, 2.75) is 0 Å². The second kappa shape index (κ2) is 12.5. The van der Waals surface area contributed by atoms with Crippen LogP contribution in [0.25, 0.3) is 0 Å². The van der Waals surface area contributed by atoms with Gasteiger partial charge in [0.2, 0.25) is 0 Å². The molecule has 0 spiro atoms. The predicted molar refractivity (Wildman–Crippen MR) is 63.4 cm³/mol. The van der Waals surface area contributed by atoms with E-state index in [4.69, 9.17) is 10.2 Å². The number of para-hydroxylation sites is 2. The zero-order valence-corrected chi connectivity index (χ0v) is 10.0. The minimum atomic E-state index is 0. The predicted octanol–water partition coefficient (Wildman–Crippen LogP) is 1.13. The molecule has 2 aromatic carbocycles. The van der Waals surface area contributed by atoms with E-state index in [0.717, 1.165) is 0 Å². The Morgan fingerprint density at radius 1 is 0.529 bits per heavy atom. The molecule has 6 N–H and O–H groups in total. The fourth-order valence-corrected chi connectivity index (χ4v) is 0.856. The first-order valence-electron chi connectivity index (χ1n) is 4.27. The van der Waals surface area contributed by atoms with E-state index in [1.54, 1.807) is 48.5 Å². The van der Waals surface area contributed by atoms with E-state index in [-0.39, 0.29) is 27.7 Å². The Balaban J connectivity index is -0.000000196. The summed E-state index contributed by atoms with van der Waals surface area (Å²) in [6.07, 6.45) is 0. The average molecular weight is 283 g/mol. The van der Waals surface area contributed by atoms with Gasteiger partial charge in [-0.3, -0.25) is 0 Å². The van der Waals surface area contributed by atoms with Crippen LogP contribution in [0.2, 0.25) is 0 Å². The van der Waals surface area contributed by atoms with Gasteiger partial charge in [-0.25, -0.2) is 0 Å². The van der Waals surface area contributed by atoms with Crippen LogP contribution in [0, 0.1) is 0 Å². The number of aromatic hydroxyl groups is 2. The third-order valence-electron chi connectivity index (χ3n) is 1.51. The molecule has 0 aliphatic carbocycles. The summed E-state index contributed by atoms with van der Waals surface area (Å²) in [5.41, 5.74) is 0. The van der Waals surface area contributed by atoms with Crippen LogP contribution < -0.4 is 0 Å². The molecule has 0 aliphatic heterocycles. The Hall–Kier alpha value is -1.53. The Bertz CT molecular complexity index is 316. The largest absolute Gasteiger partial charge is 0.508 e. The zero-order valence-electron chi connectivity index (χ0n) is 9.00. The molecule has 0 aromatic heterocycles. The van der Waals surface area contributed by atoms with Crippen LogP contribution >= 0.6 is 0 Å². The van der Waals surface area contributed by atoms with Crippen molar-refractivity contribution in [1.29, 1.82) is 0 Å². The normalized spacial score (nSPS) is 7.06. The quantitative estimate of drug-likeness (QED) is 0.756. The van der Waals surface area contributed by atoms with Crippen molar-refractivity contribution in [2.75, 3.05) is 0 Å². The fourth-order valence-electron chi connectivity index (χ4n) is 0.856. The van der Waals surface area contributed by atoms with Crippen molar-refractivity contribution in [2.24, 2.45) is 0 Å². The molecular weight excluding hydrogens is 267 g/mol. The van der Waals surface area contributed by atoms with E-state index in [2.05, 4.69) is 0 Å². The summed E-state index contributed by atoms with van der Waals surface area (Å²) in [6.45, 7) is 0. The maximum atomic E-state index is 8.63. The average Bonchev–Trinajstić information content (AvgIpc) is 2.21. The van der Waals surface area contributed by atoms with E-state index < -0.39 is 0 Å². The van der Waals surface area contributed by atoms with Crippen molar-refractivity contribution in [3.05, 3.63) is 60.7 Å². The molecule has 0 amide bonds. The summed E-state index contributed by atoms with van der Waals surface area (Å²) in [6, 6.07) is 17.4. The number of rotatable bonds is 0. The minimum absolute atomic E-state index is 0. The third kappa shape index (κ3) is 10.7. The molecule has 17 heavy (non-hydrogen) atoms. The van der Waals surface area contributed by atoms with Gasteiger partial charge in [0.25, 0.3) is 0 Å². The SMILES string of the molecule is O.O.Oc1ccccc1.Oc1ccccc1.[Co]. The molecule has 0 saturated heterocycles. The number of phenols is 2. The van der Waals surface area contributed by atoms with Crippen LogP contribution in [-0.4, -0.2) is 21.2 Å². The first kappa shape index (κ1) is 20.8. The second-order valence-corrected chi connectivity index (χ2v) is 2.67. The van der Waals surface area contributed by atoms with E-state index in [1.165, 1.54) is 0 Å². The molecule has 2 aromatic rings. The molecule has 0 bridgehead atoms. The number of benzene rings is 2. The Labute approximate surface area is 110 Å². The smallest absolute Gasteiger partial charge is 0.115 e. The monoisotopic (exact) mass is 283 g/mol. The molecule has 4 nitrogen and oxygen atoms in total. The van der Waals surface area contributed by atoms with Gasteiger partial charge >= 0.3 is 0 Å². The van der Waals surface area contributed by atoms with Crippen LogP contribution in [0.15, 0.2) is 60.7 Å². The van der Waals surface area contributed by atoms with Crippen molar-refractivity contribution in [3.8, 4) is 11.5 Å². The standard InChI is InChI=1S/2C6H6O.Co.2H2O/c2*7-6-4-2-1-3-5-6;;;/h2*1-5,7H;;2*1H2. The molecule has 0 fully saturated rings. The molecule has 2 rings (SSSR count). The van der Waals surface area contributed by atoms with Gasteiger partial charge in [-0.1, -0.05) is 36.4 Å². The van der Waals surface area contributed by atoms with Crippen LogP contribution in [0.5, 0.6) is 11.5 Å². The van der Waals surface area contributed by atoms with Gasteiger partial charge in [-0.2, -0.15) is 0 Å². The summed E-state index contributed by atoms with van der Waals surface area (Å²) in [4.78, 5) is 0. The Kier molecular flexibility index (Phi) is 15.4. The van der Waals surface area contributed by atoms with Gasteiger partial charge in [-0.15, -0.1) is 0 Å². The summed E-state index contributed by atoms with van der Waals surface area (Å²) >= 11 is 0. The van der Waals surface area contributed by atoms with E-state index >= 15 is 0 Å². The number of phenolic OH excluding ortho intramolecular Hbond substituents is 2. The third-order valence-corrected chi connectivity index (χ3v) is 1.51. The molecule has 97 valence electrons. The van der Waals surface area contributed by atoms with E-state index in [0.29, 0.717) is 11.5 Å². The second-order valence-electron chi connectivity index (χ2n) is 2.67. The van der Waals surface area contributed by atoms with Crippen LogP contribution in [0.4, 0.5) is 0 Å². The van der Waals surface area contributed by atoms with Gasteiger partial charge in [0.15, 0.2) is 0 Å². The molecule has 0 aliphatic rings. The molecule has 0 heterocycles. The van der Waals surface area contributed by atoms with Crippen LogP contribution in [0.3, 0.4) is 0 Å². The first-order chi connectivity index (χ1) is 6.79. The van der Waals surface area contributed by atoms with Crippen molar-refractivity contribution >= 4 is 0 Å². The summed E-state index contributed by atoms with van der Waals surface area (Å²) in [7, 11) is 0. The van der Waals surface area contributed by atoms with E-state index in [1.807, 2.05) is 12.1 Å². The minimum Gasteiger partial charge on any atom is -0.508 e. The molecule has 5 heteroatoms. The number of hydrogen-bond acceptors (Lipinski definition) is 2. The summed E-state index contributed by atoms with van der Waals surface area (Å²) in [5, 5.41) is 17.3. The Morgan fingerprint density at radius 3 is 0.882 bits per heavy atom. The summed E-state index contributed by atoms with van der Waals surface area (Å²) in [5.74, 6) is 0.644. The van der Waals surface area contributed by atoms with Gasteiger partial charge < -0.3 is 21.2 Å². The van der Waals surface area contributed by atoms with Crippen molar-refractivity contribution in [1.82, 2.24) is 0 Å². The van der Waals surface area contributed by atoms with Gasteiger partial charge in [0, 0.05) is 16.8 Å². The fraction of sp³-hybridized carbons (Fsp3) is 0. The summed E-state index contributed by atoms with van der Waals surface area (Å²) < 4.78 is 0. The van der Waals surface area contributed by atoms with Gasteiger partial charge in [-0.05, 0) is 24.3 Å². The van der Waals surface area contributed by atoms with E-state index in [9.17, 15) is 0 Å². The maximum Gasteiger partial charge on any atom is 0.115 e.